The molecule has 2 aromatic carbocycles. The Balaban J connectivity index is 1.41. The third-order valence-corrected chi connectivity index (χ3v) is 6.21. The standard InChI is InChI=1S/C25H30N2O4/c1-30-22-9-5-3-7-18(22)15-24(28)26-14-13-21(17-26)27(20-11-12-20)25(29)16-19-8-4-6-10-23(19)31-2/h3-10,20-21H,11-17H2,1-2H3. The van der Waals surface area contributed by atoms with Gasteiger partial charge >= 0.3 is 0 Å². The lowest BCUT2D eigenvalue weighted by atomic mass is 10.1. The van der Waals surface area contributed by atoms with Crippen molar-refractivity contribution >= 4 is 11.8 Å². The van der Waals surface area contributed by atoms with Gasteiger partial charge in [-0.2, -0.15) is 0 Å². The minimum atomic E-state index is 0.0799. The van der Waals surface area contributed by atoms with Crippen LogP contribution in [0.15, 0.2) is 48.5 Å². The molecule has 1 aliphatic carbocycles. The minimum absolute atomic E-state index is 0.0799. The first-order valence-corrected chi connectivity index (χ1v) is 10.9. The number of hydrogen-bond acceptors (Lipinski definition) is 4. The zero-order chi connectivity index (χ0) is 21.8. The number of amides is 2. The van der Waals surface area contributed by atoms with Crippen LogP contribution < -0.4 is 9.47 Å². The van der Waals surface area contributed by atoms with Crippen LogP contribution in [-0.2, 0) is 22.4 Å². The molecule has 1 atom stereocenters. The normalized spacial score (nSPS) is 18.0. The topological polar surface area (TPSA) is 59.1 Å². The Bertz CT molecular complexity index is 941. The maximum absolute atomic E-state index is 13.3. The molecule has 31 heavy (non-hydrogen) atoms. The third-order valence-electron chi connectivity index (χ3n) is 6.21. The van der Waals surface area contributed by atoms with Crippen molar-refractivity contribution in [3.05, 3.63) is 59.7 Å². The van der Waals surface area contributed by atoms with Gasteiger partial charge in [0.05, 0.1) is 33.1 Å². The van der Waals surface area contributed by atoms with Crippen LogP contribution in [0, 0.1) is 0 Å². The maximum atomic E-state index is 13.3. The summed E-state index contributed by atoms with van der Waals surface area (Å²) in [6, 6.07) is 15.7. The van der Waals surface area contributed by atoms with Gasteiger partial charge in [-0.25, -0.2) is 0 Å². The molecule has 1 unspecified atom stereocenters. The maximum Gasteiger partial charge on any atom is 0.227 e. The van der Waals surface area contributed by atoms with Crippen molar-refractivity contribution in [1.29, 1.82) is 0 Å². The fraction of sp³-hybridized carbons (Fsp3) is 0.440. The minimum Gasteiger partial charge on any atom is -0.496 e. The van der Waals surface area contributed by atoms with Gasteiger partial charge in [0.2, 0.25) is 11.8 Å². The zero-order valence-electron chi connectivity index (χ0n) is 18.3. The lowest BCUT2D eigenvalue weighted by Crippen LogP contribution is -2.45. The lowest BCUT2D eigenvalue weighted by Gasteiger charge is -2.29. The van der Waals surface area contributed by atoms with E-state index >= 15 is 0 Å². The van der Waals surface area contributed by atoms with Crippen molar-refractivity contribution in [2.75, 3.05) is 27.3 Å². The average molecular weight is 423 g/mol. The Morgan fingerprint density at radius 1 is 0.871 bits per heavy atom. The number of benzene rings is 2. The molecule has 2 aliphatic rings. The first kappa shape index (κ1) is 21.2. The SMILES string of the molecule is COc1ccccc1CC(=O)N1CCC(N(C(=O)Cc2ccccc2OC)C2CC2)C1. The number of likely N-dealkylation sites (tertiary alicyclic amines) is 1. The van der Waals surface area contributed by atoms with E-state index in [1.165, 1.54) is 0 Å². The molecule has 0 spiro atoms. The van der Waals surface area contributed by atoms with Crippen molar-refractivity contribution < 1.29 is 19.1 Å². The fourth-order valence-electron chi connectivity index (χ4n) is 4.48. The zero-order valence-corrected chi connectivity index (χ0v) is 18.3. The van der Waals surface area contributed by atoms with Gasteiger partial charge in [-0.1, -0.05) is 36.4 Å². The number of hydrogen-bond donors (Lipinski definition) is 0. The smallest absolute Gasteiger partial charge is 0.227 e. The number of carbonyl (C=O) groups excluding carboxylic acids is 2. The summed E-state index contributed by atoms with van der Waals surface area (Å²) >= 11 is 0. The summed E-state index contributed by atoms with van der Waals surface area (Å²) in [5, 5.41) is 0. The van der Waals surface area contributed by atoms with Crippen LogP contribution >= 0.6 is 0 Å². The number of para-hydroxylation sites is 2. The summed E-state index contributed by atoms with van der Waals surface area (Å²) < 4.78 is 10.8. The largest absolute Gasteiger partial charge is 0.496 e. The van der Waals surface area contributed by atoms with Crippen LogP contribution in [0.1, 0.15) is 30.4 Å². The molecular formula is C25H30N2O4. The van der Waals surface area contributed by atoms with E-state index < -0.39 is 0 Å². The number of carbonyl (C=O) groups is 2. The van der Waals surface area contributed by atoms with E-state index in [0.717, 1.165) is 41.9 Å². The van der Waals surface area contributed by atoms with Crippen LogP contribution in [0.5, 0.6) is 11.5 Å². The van der Waals surface area contributed by atoms with Crippen LogP contribution in [0.4, 0.5) is 0 Å². The van der Waals surface area contributed by atoms with E-state index in [1.54, 1.807) is 14.2 Å². The van der Waals surface area contributed by atoms with E-state index in [9.17, 15) is 9.59 Å². The predicted molar refractivity (Wildman–Crippen MR) is 118 cm³/mol. The molecule has 4 rings (SSSR count). The highest BCUT2D eigenvalue weighted by Crippen LogP contribution is 2.33. The number of nitrogens with zero attached hydrogens (tertiary/aromatic N) is 2. The molecule has 1 heterocycles. The summed E-state index contributed by atoms with van der Waals surface area (Å²) in [7, 11) is 3.25. The highest BCUT2D eigenvalue weighted by molar-refractivity contribution is 5.82. The van der Waals surface area contributed by atoms with Crippen LogP contribution in [-0.4, -0.2) is 61.0 Å². The molecule has 6 nitrogen and oxygen atoms in total. The van der Waals surface area contributed by atoms with Crippen LogP contribution in [0.25, 0.3) is 0 Å². The molecule has 164 valence electrons. The van der Waals surface area contributed by atoms with Gasteiger partial charge in [-0.3, -0.25) is 9.59 Å². The van der Waals surface area contributed by atoms with E-state index in [2.05, 4.69) is 0 Å². The third kappa shape index (κ3) is 4.84. The van der Waals surface area contributed by atoms with Crippen molar-refractivity contribution in [2.24, 2.45) is 0 Å². The highest BCUT2D eigenvalue weighted by atomic mass is 16.5. The summed E-state index contributed by atoms with van der Waals surface area (Å²) in [5.74, 6) is 1.68. The molecule has 2 aromatic rings. The lowest BCUT2D eigenvalue weighted by molar-refractivity contribution is -0.135. The Labute approximate surface area is 183 Å². The molecule has 0 radical (unpaired) electrons. The van der Waals surface area contributed by atoms with Gasteiger partial charge < -0.3 is 19.3 Å². The van der Waals surface area contributed by atoms with Gasteiger partial charge in [0.1, 0.15) is 11.5 Å². The molecule has 2 fully saturated rings. The molecule has 6 heteroatoms. The van der Waals surface area contributed by atoms with Gasteiger partial charge in [0, 0.05) is 30.3 Å². The van der Waals surface area contributed by atoms with Crippen molar-refractivity contribution in [1.82, 2.24) is 9.80 Å². The van der Waals surface area contributed by atoms with Gasteiger partial charge in [-0.15, -0.1) is 0 Å². The number of methoxy groups -OCH3 is 2. The number of rotatable bonds is 8. The number of ether oxygens (including phenoxy) is 2. The Morgan fingerprint density at radius 2 is 1.45 bits per heavy atom. The van der Waals surface area contributed by atoms with Crippen LogP contribution in [0.2, 0.25) is 0 Å². The van der Waals surface area contributed by atoms with Gasteiger partial charge in [0.25, 0.3) is 0 Å². The first-order valence-electron chi connectivity index (χ1n) is 10.9. The van der Waals surface area contributed by atoms with E-state index in [-0.39, 0.29) is 17.9 Å². The molecule has 2 amide bonds. The van der Waals surface area contributed by atoms with Crippen molar-refractivity contribution in [3.63, 3.8) is 0 Å². The van der Waals surface area contributed by atoms with E-state index in [0.29, 0.717) is 32.0 Å². The predicted octanol–water partition coefficient (Wildman–Crippen LogP) is 3.08. The Hall–Kier alpha value is -3.02. The van der Waals surface area contributed by atoms with E-state index in [1.807, 2.05) is 58.3 Å². The second-order valence-electron chi connectivity index (χ2n) is 8.29. The summed E-state index contributed by atoms with van der Waals surface area (Å²) in [5.41, 5.74) is 1.80. The monoisotopic (exact) mass is 422 g/mol. The van der Waals surface area contributed by atoms with Crippen LogP contribution in [0.3, 0.4) is 0 Å². The Morgan fingerprint density at radius 3 is 2.03 bits per heavy atom. The summed E-state index contributed by atoms with van der Waals surface area (Å²) in [4.78, 5) is 30.1. The molecule has 1 aliphatic heterocycles. The highest BCUT2D eigenvalue weighted by Gasteiger charge is 2.40. The quantitative estimate of drug-likeness (QED) is 0.656. The molecular weight excluding hydrogens is 392 g/mol. The average Bonchev–Trinajstić information content (AvgIpc) is 3.49. The molecule has 0 bridgehead atoms. The fourth-order valence-corrected chi connectivity index (χ4v) is 4.48. The summed E-state index contributed by atoms with van der Waals surface area (Å²) in [6.07, 6.45) is 3.56. The van der Waals surface area contributed by atoms with Gasteiger partial charge in [0.15, 0.2) is 0 Å². The van der Waals surface area contributed by atoms with Crippen molar-refractivity contribution in [3.8, 4) is 11.5 Å². The molecule has 0 aromatic heterocycles. The Kier molecular flexibility index (Phi) is 6.44. The second kappa shape index (κ2) is 9.41. The molecule has 0 N–H and O–H groups in total. The summed E-state index contributed by atoms with van der Waals surface area (Å²) in [6.45, 7) is 1.28. The van der Waals surface area contributed by atoms with E-state index in [4.69, 9.17) is 9.47 Å². The second-order valence-corrected chi connectivity index (χ2v) is 8.29. The molecule has 1 saturated carbocycles. The molecule has 1 saturated heterocycles. The van der Waals surface area contributed by atoms with Crippen molar-refractivity contribution in [2.45, 2.75) is 44.2 Å². The van der Waals surface area contributed by atoms with Gasteiger partial charge in [-0.05, 0) is 31.4 Å². The first-order chi connectivity index (χ1) is 15.1.